The third-order valence-corrected chi connectivity index (χ3v) is 5.84. The Morgan fingerprint density at radius 2 is 1.73 bits per heavy atom. The van der Waals surface area contributed by atoms with E-state index in [2.05, 4.69) is 4.99 Å². The summed E-state index contributed by atoms with van der Waals surface area (Å²) in [6, 6.07) is 12.1. The van der Waals surface area contributed by atoms with E-state index in [0.29, 0.717) is 34.8 Å². The molecule has 0 bridgehead atoms. The van der Waals surface area contributed by atoms with Gasteiger partial charge in [0, 0.05) is 13.7 Å². The fourth-order valence-corrected chi connectivity index (χ4v) is 4.49. The van der Waals surface area contributed by atoms with E-state index in [1.165, 1.54) is 11.3 Å². The fourth-order valence-electron chi connectivity index (χ4n) is 3.40. The summed E-state index contributed by atoms with van der Waals surface area (Å²) in [6.07, 6.45) is 0. The molecule has 0 saturated carbocycles. The number of aromatic nitrogens is 1. The van der Waals surface area contributed by atoms with Crippen LogP contribution in [0.25, 0.3) is 10.2 Å². The molecule has 0 unspecified atom stereocenters. The lowest BCUT2D eigenvalue weighted by atomic mass is 10.1. The molecule has 2 heterocycles. The topological polar surface area (TPSA) is 90.2 Å². The number of carbonyl (C=O) groups is 3. The largest absolute Gasteiger partial charge is 0.495 e. The van der Waals surface area contributed by atoms with Crippen LogP contribution < -0.4 is 9.54 Å². The molecule has 0 N–H and O–H groups in total. The molecule has 3 aromatic rings. The summed E-state index contributed by atoms with van der Waals surface area (Å²) < 4.78 is 13.4. The van der Waals surface area contributed by atoms with Crippen molar-refractivity contribution in [2.75, 3.05) is 27.4 Å². The van der Waals surface area contributed by atoms with Crippen LogP contribution in [0.2, 0.25) is 0 Å². The van der Waals surface area contributed by atoms with Gasteiger partial charge in [0.05, 0.1) is 29.5 Å². The zero-order chi connectivity index (χ0) is 21.3. The van der Waals surface area contributed by atoms with Gasteiger partial charge in [-0.25, -0.2) is 0 Å². The highest BCUT2D eigenvalue weighted by Gasteiger charge is 2.36. The predicted octanol–water partition coefficient (Wildman–Crippen LogP) is 2.08. The number of benzene rings is 2. The number of amides is 3. The Morgan fingerprint density at radius 3 is 2.37 bits per heavy atom. The van der Waals surface area contributed by atoms with Crippen molar-refractivity contribution in [1.29, 1.82) is 0 Å². The van der Waals surface area contributed by atoms with E-state index < -0.39 is 24.3 Å². The average Bonchev–Trinajstić information content (AvgIpc) is 3.22. The van der Waals surface area contributed by atoms with E-state index in [9.17, 15) is 14.4 Å². The van der Waals surface area contributed by atoms with E-state index in [1.54, 1.807) is 38.5 Å². The Balaban J connectivity index is 1.69. The number of fused-ring (bicyclic) bond motifs is 2. The Labute approximate surface area is 176 Å². The number of ether oxygens (including phenoxy) is 2. The molecular formula is C21H19N3O5S. The molecule has 30 heavy (non-hydrogen) atoms. The maximum atomic E-state index is 12.7. The van der Waals surface area contributed by atoms with Crippen LogP contribution in [-0.4, -0.2) is 54.6 Å². The Hall–Kier alpha value is -3.30. The van der Waals surface area contributed by atoms with Crippen molar-refractivity contribution in [3.63, 3.8) is 0 Å². The summed E-state index contributed by atoms with van der Waals surface area (Å²) in [5.41, 5.74) is 1.42. The second kappa shape index (κ2) is 8.21. The lowest BCUT2D eigenvalue weighted by molar-refractivity contribution is -0.118. The number of nitrogens with zero attached hydrogens (tertiary/aromatic N) is 3. The number of hydrogen-bond donors (Lipinski definition) is 0. The van der Waals surface area contributed by atoms with Crippen molar-refractivity contribution in [2.24, 2.45) is 4.99 Å². The van der Waals surface area contributed by atoms with Gasteiger partial charge >= 0.3 is 0 Å². The summed E-state index contributed by atoms with van der Waals surface area (Å²) in [5.74, 6) is -0.885. The normalized spacial score (nSPS) is 13.9. The van der Waals surface area contributed by atoms with Gasteiger partial charge in [0.1, 0.15) is 17.8 Å². The summed E-state index contributed by atoms with van der Waals surface area (Å²) >= 11 is 1.33. The number of rotatable bonds is 6. The first kappa shape index (κ1) is 20.0. The fraction of sp³-hybridized carbons (Fsp3) is 0.238. The highest BCUT2D eigenvalue weighted by molar-refractivity contribution is 7.16. The van der Waals surface area contributed by atoms with Crippen LogP contribution in [0.5, 0.6) is 5.75 Å². The third-order valence-electron chi connectivity index (χ3n) is 4.79. The highest BCUT2D eigenvalue weighted by atomic mass is 32.1. The molecule has 2 aromatic carbocycles. The molecule has 9 heteroatoms. The molecule has 154 valence electrons. The van der Waals surface area contributed by atoms with Gasteiger partial charge in [0.15, 0.2) is 4.80 Å². The van der Waals surface area contributed by atoms with Crippen LogP contribution in [0.3, 0.4) is 0 Å². The SMILES string of the molecule is COCCn1c(=NC(=O)CN2C(=O)c3ccccc3C2=O)sc2cccc(OC)c21. The number of methoxy groups -OCH3 is 2. The first-order chi connectivity index (χ1) is 14.5. The summed E-state index contributed by atoms with van der Waals surface area (Å²) in [6.45, 7) is 0.474. The predicted molar refractivity (Wildman–Crippen MR) is 111 cm³/mol. The molecule has 0 saturated heterocycles. The van der Waals surface area contributed by atoms with Crippen LogP contribution in [0, 0.1) is 0 Å². The molecule has 0 atom stereocenters. The second-order valence-corrected chi connectivity index (χ2v) is 7.59. The van der Waals surface area contributed by atoms with Gasteiger partial charge in [0.2, 0.25) is 0 Å². The molecular weight excluding hydrogens is 406 g/mol. The quantitative estimate of drug-likeness (QED) is 0.564. The Morgan fingerprint density at radius 1 is 1.03 bits per heavy atom. The van der Waals surface area contributed by atoms with E-state index in [0.717, 1.165) is 15.1 Å². The molecule has 0 radical (unpaired) electrons. The van der Waals surface area contributed by atoms with E-state index in [1.807, 2.05) is 22.8 Å². The minimum atomic E-state index is -0.582. The Kier molecular flexibility index (Phi) is 5.47. The number of carbonyl (C=O) groups excluding carboxylic acids is 3. The van der Waals surface area contributed by atoms with Crippen molar-refractivity contribution in [1.82, 2.24) is 9.47 Å². The molecule has 4 rings (SSSR count). The first-order valence-electron chi connectivity index (χ1n) is 9.23. The average molecular weight is 425 g/mol. The monoisotopic (exact) mass is 425 g/mol. The van der Waals surface area contributed by atoms with Gasteiger partial charge in [-0.2, -0.15) is 4.99 Å². The van der Waals surface area contributed by atoms with Crippen molar-refractivity contribution >= 4 is 39.3 Å². The van der Waals surface area contributed by atoms with Gasteiger partial charge < -0.3 is 14.0 Å². The van der Waals surface area contributed by atoms with Crippen molar-refractivity contribution < 1.29 is 23.9 Å². The summed E-state index contributed by atoms with van der Waals surface area (Å²) in [4.78, 5) is 43.3. The second-order valence-electron chi connectivity index (χ2n) is 6.58. The molecule has 0 fully saturated rings. The van der Waals surface area contributed by atoms with Crippen molar-refractivity contribution in [2.45, 2.75) is 6.54 Å². The zero-order valence-corrected chi connectivity index (χ0v) is 17.3. The van der Waals surface area contributed by atoms with Gasteiger partial charge in [-0.1, -0.05) is 29.5 Å². The van der Waals surface area contributed by atoms with Gasteiger partial charge in [-0.3, -0.25) is 19.3 Å². The maximum Gasteiger partial charge on any atom is 0.268 e. The molecule has 1 aromatic heterocycles. The van der Waals surface area contributed by atoms with Crippen molar-refractivity contribution in [3.8, 4) is 5.75 Å². The lowest BCUT2D eigenvalue weighted by Crippen LogP contribution is -2.35. The number of imide groups is 1. The number of para-hydroxylation sites is 1. The minimum absolute atomic E-state index is 0.303. The molecule has 8 nitrogen and oxygen atoms in total. The number of thiazole rings is 1. The van der Waals surface area contributed by atoms with Gasteiger partial charge in [0.25, 0.3) is 17.7 Å². The van der Waals surface area contributed by atoms with Crippen LogP contribution in [0.15, 0.2) is 47.5 Å². The maximum absolute atomic E-state index is 12.7. The molecule has 3 amide bonds. The van der Waals surface area contributed by atoms with E-state index in [4.69, 9.17) is 9.47 Å². The standard InChI is InChI=1S/C21H19N3O5S/c1-28-11-10-23-18-15(29-2)8-5-9-16(18)30-21(23)22-17(25)12-24-19(26)13-6-3-4-7-14(13)20(24)27/h3-9H,10-12H2,1-2H3. The lowest BCUT2D eigenvalue weighted by Gasteiger charge is -2.11. The van der Waals surface area contributed by atoms with Crippen LogP contribution in [0.4, 0.5) is 0 Å². The smallest absolute Gasteiger partial charge is 0.268 e. The van der Waals surface area contributed by atoms with Crippen molar-refractivity contribution in [3.05, 3.63) is 58.4 Å². The molecule has 1 aliphatic heterocycles. The summed E-state index contributed by atoms with van der Waals surface area (Å²) in [7, 11) is 3.17. The summed E-state index contributed by atoms with van der Waals surface area (Å²) in [5, 5.41) is 0. The van der Waals surface area contributed by atoms with Crippen LogP contribution >= 0.6 is 11.3 Å². The van der Waals surface area contributed by atoms with E-state index >= 15 is 0 Å². The minimum Gasteiger partial charge on any atom is -0.495 e. The molecule has 0 spiro atoms. The molecule has 1 aliphatic rings. The van der Waals surface area contributed by atoms with Gasteiger partial charge in [-0.05, 0) is 24.3 Å². The van der Waals surface area contributed by atoms with E-state index in [-0.39, 0.29) is 0 Å². The van der Waals surface area contributed by atoms with Crippen LogP contribution in [0.1, 0.15) is 20.7 Å². The Bertz CT molecular complexity index is 1190. The zero-order valence-electron chi connectivity index (χ0n) is 16.5. The number of hydrogen-bond acceptors (Lipinski definition) is 6. The highest BCUT2D eigenvalue weighted by Crippen LogP contribution is 2.27. The molecule has 0 aliphatic carbocycles. The van der Waals surface area contributed by atoms with Gasteiger partial charge in [-0.15, -0.1) is 0 Å². The third kappa shape index (κ3) is 3.42. The van der Waals surface area contributed by atoms with Crippen LogP contribution in [-0.2, 0) is 16.1 Å². The first-order valence-corrected chi connectivity index (χ1v) is 10.0.